The van der Waals surface area contributed by atoms with Crippen molar-refractivity contribution < 1.29 is 14.8 Å². The van der Waals surface area contributed by atoms with Crippen molar-refractivity contribution in [2.45, 2.75) is 52.6 Å². The molecular formula is C18H30N4O5. The van der Waals surface area contributed by atoms with E-state index < -0.39 is 28.8 Å². The number of rotatable bonds is 10. The highest BCUT2D eigenvalue weighted by atomic mass is 16.5. The highest BCUT2D eigenvalue weighted by Gasteiger charge is 2.32. The number of amides is 2. The molecule has 9 nitrogen and oxygen atoms in total. The van der Waals surface area contributed by atoms with E-state index in [1.165, 1.54) is 14.1 Å². The molecule has 0 aliphatic rings. The van der Waals surface area contributed by atoms with Crippen LogP contribution in [0.25, 0.3) is 0 Å². The Morgan fingerprint density at radius 1 is 1.11 bits per heavy atom. The van der Waals surface area contributed by atoms with Gasteiger partial charge in [-0.15, -0.1) is 0 Å². The molecule has 0 heterocycles. The van der Waals surface area contributed by atoms with Gasteiger partial charge in [0.25, 0.3) is 10.9 Å². The lowest BCUT2D eigenvalue weighted by Gasteiger charge is -2.29. The molecule has 0 fully saturated rings. The normalized spacial score (nSPS) is 14.5. The summed E-state index contributed by atoms with van der Waals surface area (Å²) in [7, 11) is 2.73. The van der Waals surface area contributed by atoms with Crippen molar-refractivity contribution in [3.8, 4) is 0 Å². The van der Waals surface area contributed by atoms with Crippen LogP contribution in [0.1, 0.15) is 40.5 Å². The van der Waals surface area contributed by atoms with Crippen molar-refractivity contribution in [1.82, 2.24) is 10.6 Å². The molecule has 9 heteroatoms. The van der Waals surface area contributed by atoms with E-state index in [2.05, 4.69) is 16.0 Å². The van der Waals surface area contributed by atoms with Crippen LogP contribution in [0.15, 0.2) is 9.59 Å². The Morgan fingerprint density at radius 3 is 2.15 bits per heavy atom. The van der Waals surface area contributed by atoms with E-state index in [4.69, 9.17) is 0 Å². The number of hydrogen-bond donors (Lipinski definition) is 4. The lowest BCUT2D eigenvalue weighted by molar-refractivity contribution is -0.130. The van der Waals surface area contributed by atoms with E-state index in [0.717, 1.165) is 0 Å². The summed E-state index contributed by atoms with van der Waals surface area (Å²) in [6.07, 6.45) is 1.09. The van der Waals surface area contributed by atoms with Gasteiger partial charge in [-0.1, -0.05) is 34.1 Å². The first kappa shape index (κ1) is 22.6. The average Bonchev–Trinajstić information content (AvgIpc) is 2.61. The highest BCUT2D eigenvalue weighted by Crippen LogP contribution is 2.21. The maximum absolute atomic E-state index is 12.8. The minimum atomic E-state index is -0.837. The van der Waals surface area contributed by atoms with E-state index in [1.807, 2.05) is 27.7 Å². The summed E-state index contributed by atoms with van der Waals surface area (Å²) in [5.41, 5.74) is -1.86. The second kappa shape index (κ2) is 9.50. The predicted octanol–water partition coefficient (Wildman–Crippen LogP) is 0.212. The summed E-state index contributed by atoms with van der Waals surface area (Å²) in [6.45, 7) is 7.60. The molecule has 1 aromatic carbocycles. The molecule has 0 bridgehead atoms. The number of carbonyl (C=O) groups is 2. The van der Waals surface area contributed by atoms with Crippen LogP contribution >= 0.6 is 0 Å². The quantitative estimate of drug-likeness (QED) is 0.336. The molecule has 0 saturated heterocycles. The van der Waals surface area contributed by atoms with Gasteiger partial charge in [0.2, 0.25) is 11.8 Å². The van der Waals surface area contributed by atoms with E-state index in [-0.39, 0.29) is 29.1 Å². The Labute approximate surface area is 158 Å². The van der Waals surface area contributed by atoms with Crippen LogP contribution in [0.2, 0.25) is 0 Å². The molecule has 2 amide bonds. The first-order valence-electron chi connectivity index (χ1n) is 9.09. The Bertz CT molecular complexity index is 737. The second-order valence-electron chi connectivity index (χ2n) is 7.22. The van der Waals surface area contributed by atoms with Gasteiger partial charge >= 0.3 is 0 Å². The number of hydroxylamine groups is 1. The molecule has 152 valence electrons. The van der Waals surface area contributed by atoms with Crippen molar-refractivity contribution in [2.75, 3.05) is 24.5 Å². The third-order valence-electron chi connectivity index (χ3n) is 4.59. The Hall–Kier alpha value is -2.42. The summed E-state index contributed by atoms with van der Waals surface area (Å²) < 4.78 is 0. The molecule has 4 N–H and O–H groups in total. The first-order chi connectivity index (χ1) is 12.5. The Balaban J connectivity index is 3.08. The van der Waals surface area contributed by atoms with Crippen LogP contribution in [0.4, 0.5) is 11.4 Å². The molecule has 0 aliphatic heterocycles. The molecule has 0 aliphatic carbocycles. The molecule has 0 radical (unpaired) electrons. The standard InChI is InChI=1S/C18H30N4O5/c1-7-10(4)12(21-13-14(22(6)27)16(24)15(13)23)18(26)20-11(8-9(2)3)17(25)19-5/h9-12,21,27H,7-8H2,1-6H3,(H,19,25)(H,20,26)/t10-,11-,12-/m0/s1. The van der Waals surface area contributed by atoms with Crippen molar-refractivity contribution in [3.63, 3.8) is 0 Å². The highest BCUT2D eigenvalue weighted by molar-refractivity contribution is 5.92. The van der Waals surface area contributed by atoms with Crippen LogP contribution in [0.3, 0.4) is 0 Å². The smallest absolute Gasteiger partial charge is 0.255 e. The van der Waals surface area contributed by atoms with Gasteiger partial charge in [-0.25, -0.2) is 0 Å². The Morgan fingerprint density at radius 2 is 1.70 bits per heavy atom. The molecule has 0 aromatic heterocycles. The van der Waals surface area contributed by atoms with E-state index in [0.29, 0.717) is 17.9 Å². The van der Waals surface area contributed by atoms with Crippen LogP contribution < -0.4 is 31.9 Å². The Kier molecular flexibility index (Phi) is 7.96. The maximum atomic E-state index is 12.8. The maximum Gasteiger partial charge on any atom is 0.255 e. The van der Waals surface area contributed by atoms with Gasteiger partial charge in [0.1, 0.15) is 23.5 Å². The summed E-state index contributed by atoms with van der Waals surface area (Å²) in [5.74, 6) is -0.746. The fraction of sp³-hybridized carbons (Fsp3) is 0.667. The average molecular weight is 382 g/mol. The van der Waals surface area contributed by atoms with E-state index in [9.17, 15) is 24.4 Å². The zero-order chi connectivity index (χ0) is 20.9. The number of hydrogen-bond acceptors (Lipinski definition) is 7. The van der Waals surface area contributed by atoms with Crippen LogP contribution in [-0.4, -0.2) is 43.2 Å². The van der Waals surface area contributed by atoms with E-state index in [1.54, 1.807) is 0 Å². The van der Waals surface area contributed by atoms with Gasteiger partial charge in [0, 0.05) is 14.1 Å². The lowest BCUT2D eigenvalue weighted by Crippen LogP contribution is -2.54. The van der Waals surface area contributed by atoms with Crippen molar-refractivity contribution in [1.29, 1.82) is 0 Å². The molecule has 3 atom stereocenters. The van der Waals surface area contributed by atoms with Gasteiger partial charge < -0.3 is 16.0 Å². The molecule has 1 aromatic rings. The summed E-state index contributed by atoms with van der Waals surface area (Å²) in [6, 6.07) is -1.54. The third kappa shape index (κ3) is 5.29. The lowest BCUT2D eigenvalue weighted by atomic mass is 9.96. The minimum Gasteiger partial charge on any atom is -0.368 e. The monoisotopic (exact) mass is 382 g/mol. The van der Waals surface area contributed by atoms with Gasteiger partial charge in [0.05, 0.1) is 0 Å². The zero-order valence-electron chi connectivity index (χ0n) is 16.8. The van der Waals surface area contributed by atoms with Crippen LogP contribution in [0, 0.1) is 11.8 Å². The van der Waals surface area contributed by atoms with Crippen LogP contribution in [-0.2, 0) is 9.59 Å². The summed E-state index contributed by atoms with van der Waals surface area (Å²) in [4.78, 5) is 48.4. The fourth-order valence-corrected chi connectivity index (χ4v) is 2.82. The first-order valence-corrected chi connectivity index (χ1v) is 9.09. The van der Waals surface area contributed by atoms with Gasteiger partial charge in [-0.2, -0.15) is 0 Å². The van der Waals surface area contributed by atoms with E-state index >= 15 is 0 Å². The van der Waals surface area contributed by atoms with Crippen LogP contribution in [0.5, 0.6) is 0 Å². The van der Waals surface area contributed by atoms with Crippen molar-refractivity contribution >= 4 is 23.2 Å². The molecular weight excluding hydrogens is 352 g/mol. The largest absolute Gasteiger partial charge is 0.368 e. The summed E-state index contributed by atoms with van der Waals surface area (Å²) >= 11 is 0. The molecule has 27 heavy (non-hydrogen) atoms. The molecule has 1 rings (SSSR count). The number of nitrogens with zero attached hydrogens (tertiary/aromatic N) is 1. The number of carbonyl (C=O) groups excluding carboxylic acids is 2. The van der Waals surface area contributed by atoms with Gasteiger partial charge in [-0.05, 0) is 18.3 Å². The predicted molar refractivity (Wildman–Crippen MR) is 104 cm³/mol. The minimum absolute atomic E-state index is 0.0918. The van der Waals surface area contributed by atoms with Gasteiger partial charge in [0.15, 0.2) is 0 Å². The number of nitrogens with one attached hydrogen (secondary N) is 3. The molecule has 0 unspecified atom stereocenters. The van der Waals surface area contributed by atoms with Gasteiger partial charge in [-0.3, -0.25) is 29.4 Å². The zero-order valence-corrected chi connectivity index (χ0v) is 16.8. The third-order valence-corrected chi connectivity index (χ3v) is 4.59. The second-order valence-corrected chi connectivity index (χ2v) is 7.22. The summed E-state index contributed by atoms with van der Waals surface area (Å²) in [5, 5.41) is 18.2. The SMILES string of the molecule is CC[C@H](C)[C@H](Nc1c(N(C)O)c(=O)c1=O)C(=O)N[C@@H](CC(C)C)C(=O)NC. The van der Waals surface area contributed by atoms with Crippen molar-refractivity contribution in [2.24, 2.45) is 11.8 Å². The topological polar surface area (TPSA) is 128 Å². The van der Waals surface area contributed by atoms with Crippen molar-refractivity contribution in [3.05, 3.63) is 20.4 Å². The fourth-order valence-electron chi connectivity index (χ4n) is 2.82. The number of likely N-dealkylation sites (N-methyl/N-ethyl adjacent to an activating group) is 1. The molecule has 0 saturated carbocycles. The molecule has 0 spiro atoms. The number of anilines is 2.